The second-order valence-corrected chi connectivity index (χ2v) is 9.77. The van der Waals surface area contributed by atoms with Gasteiger partial charge < -0.3 is 15.4 Å². The number of hydrogen-bond donors (Lipinski definition) is 2. The number of halogens is 1. The third-order valence-corrected chi connectivity index (χ3v) is 4.32. The molecule has 6 heteroatoms. The molecule has 0 saturated heterocycles. The summed E-state index contributed by atoms with van der Waals surface area (Å²) in [6, 6.07) is 8.08. The predicted octanol–water partition coefficient (Wildman–Crippen LogP) is 4.54. The average molecular weight is 427 g/mol. The molecule has 0 radical (unpaired) electrons. The van der Waals surface area contributed by atoms with Crippen molar-refractivity contribution >= 4 is 27.9 Å². The fourth-order valence-electron chi connectivity index (χ4n) is 2.41. The van der Waals surface area contributed by atoms with Gasteiger partial charge in [0.05, 0.1) is 0 Å². The summed E-state index contributed by atoms with van der Waals surface area (Å²) in [4.78, 5) is 24.3. The lowest BCUT2D eigenvalue weighted by Gasteiger charge is -2.29. The first-order valence-corrected chi connectivity index (χ1v) is 9.53. The van der Waals surface area contributed by atoms with Crippen LogP contribution in [0.25, 0.3) is 0 Å². The topological polar surface area (TPSA) is 67.4 Å². The summed E-state index contributed by atoms with van der Waals surface area (Å²) in [5, 5.41) is 5.72. The number of carbonyl (C=O) groups is 2. The Morgan fingerprint density at radius 1 is 1.00 bits per heavy atom. The molecule has 2 amide bonds. The molecule has 0 aliphatic rings. The largest absolute Gasteiger partial charge is 0.444 e. The van der Waals surface area contributed by atoms with Crippen LogP contribution in [0, 0.1) is 0 Å². The number of amides is 2. The van der Waals surface area contributed by atoms with Crippen LogP contribution in [0.2, 0.25) is 0 Å². The maximum absolute atomic E-state index is 12.3. The minimum absolute atomic E-state index is 0.115. The summed E-state index contributed by atoms with van der Waals surface area (Å²) >= 11 is 3.43. The zero-order chi connectivity index (χ0) is 20.2. The van der Waals surface area contributed by atoms with E-state index in [1.165, 1.54) is 0 Å². The van der Waals surface area contributed by atoms with Crippen molar-refractivity contribution in [3.05, 3.63) is 34.3 Å². The van der Waals surface area contributed by atoms with E-state index >= 15 is 0 Å². The molecular weight excluding hydrogens is 396 g/mol. The monoisotopic (exact) mass is 426 g/mol. The van der Waals surface area contributed by atoms with Crippen LogP contribution in [0.4, 0.5) is 4.79 Å². The van der Waals surface area contributed by atoms with Gasteiger partial charge in [-0.25, -0.2) is 4.79 Å². The Hall–Kier alpha value is -1.56. The Morgan fingerprint density at radius 2 is 1.54 bits per heavy atom. The molecule has 1 rings (SSSR count). The number of alkyl carbamates (subject to hydrolysis) is 1. The Bertz CT molecular complexity index is 631. The molecule has 0 fully saturated rings. The van der Waals surface area contributed by atoms with Gasteiger partial charge in [-0.2, -0.15) is 0 Å². The number of nitrogens with one attached hydrogen (secondary N) is 2. The van der Waals surface area contributed by atoms with Gasteiger partial charge >= 0.3 is 6.09 Å². The molecule has 0 bridgehead atoms. The van der Waals surface area contributed by atoms with E-state index in [1.807, 2.05) is 24.3 Å². The van der Waals surface area contributed by atoms with Gasteiger partial charge in [0.25, 0.3) is 0 Å². The molecule has 0 saturated carbocycles. The minimum atomic E-state index is -0.700. The van der Waals surface area contributed by atoms with Crippen LogP contribution in [0.1, 0.15) is 60.5 Å². The van der Waals surface area contributed by atoms with Crippen LogP contribution in [0.5, 0.6) is 0 Å². The lowest BCUT2D eigenvalue weighted by molar-refractivity contribution is -0.122. The molecule has 2 N–H and O–H groups in total. The van der Waals surface area contributed by atoms with Crippen LogP contribution in [-0.4, -0.2) is 29.7 Å². The quantitative estimate of drug-likeness (QED) is 0.701. The second kappa shape index (κ2) is 8.42. The summed E-state index contributed by atoms with van der Waals surface area (Å²) in [6.07, 6.45) is -0.353. The smallest absolute Gasteiger partial charge is 0.408 e. The number of benzene rings is 1. The van der Waals surface area contributed by atoms with Gasteiger partial charge in [-0.15, -0.1) is 0 Å². The van der Waals surface area contributed by atoms with Crippen molar-refractivity contribution in [2.45, 2.75) is 71.4 Å². The van der Waals surface area contributed by atoms with Crippen molar-refractivity contribution in [2.75, 3.05) is 6.54 Å². The van der Waals surface area contributed by atoms with Crippen molar-refractivity contribution in [2.24, 2.45) is 0 Å². The van der Waals surface area contributed by atoms with Crippen molar-refractivity contribution < 1.29 is 14.3 Å². The number of hydrogen-bond acceptors (Lipinski definition) is 3. The van der Waals surface area contributed by atoms with Crippen LogP contribution in [0.3, 0.4) is 0 Å². The zero-order valence-electron chi connectivity index (χ0n) is 16.8. The molecule has 146 valence electrons. The highest BCUT2D eigenvalue weighted by Crippen LogP contribution is 2.24. The van der Waals surface area contributed by atoms with Gasteiger partial charge in [-0.3, -0.25) is 4.79 Å². The maximum Gasteiger partial charge on any atom is 0.408 e. The van der Waals surface area contributed by atoms with Crippen molar-refractivity contribution in [1.29, 1.82) is 0 Å². The summed E-state index contributed by atoms with van der Waals surface area (Å²) in [7, 11) is 0. The molecule has 0 aliphatic carbocycles. The third-order valence-electron chi connectivity index (χ3n) is 3.80. The third kappa shape index (κ3) is 8.21. The highest BCUT2D eigenvalue weighted by molar-refractivity contribution is 9.10. The molecule has 0 aliphatic heterocycles. The molecule has 0 atom stereocenters. The van der Waals surface area contributed by atoms with Gasteiger partial charge in [-0.05, 0) is 52.3 Å². The van der Waals surface area contributed by atoms with Gasteiger partial charge in [-0.1, -0.05) is 41.9 Å². The molecule has 0 unspecified atom stereocenters. The van der Waals surface area contributed by atoms with E-state index < -0.39 is 17.2 Å². The lowest BCUT2D eigenvalue weighted by atomic mass is 9.84. The molecule has 26 heavy (non-hydrogen) atoms. The van der Waals surface area contributed by atoms with E-state index in [4.69, 9.17) is 4.74 Å². The van der Waals surface area contributed by atoms with Gasteiger partial charge in [0.2, 0.25) is 5.91 Å². The SMILES string of the molecule is CC(C)(CC(=O)NCC(C)(C)c1ccc(Br)cc1)NC(=O)OC(C)(C)C. The van der Waals surface area contributed by atoms with E-state index in [1.54, 1.807) is 34.6 Å². The fourth-order valence-corrected chi connectivity index (χ4v) is 2.68. The maximum atomic E-state index is 12.3. The van der Waals surface area contributed by atoms with Crippen LogP contribution in [0.15, 0.2) is 28.7 Å². The second-order valence-electron chi connectivity index (χ2n) is 8.86. The number of carbonyl (C=O) groups excluding carboxylic acids is 2. The molecule has 0 spiro atoms. The van der Waals surface area contributed by atoms with Crippen molar-refractivity contribution in [3.63, 3.8) is 0 Å². The number of ether oxygens (including phenoxy) is 1. The molecule has 1 aromatic carbocycles. The first kappa shape index (κ1) is 22.5. The van der Waals surface area contributed by atoms with Crippen molar-refractivity contribution in [1.82, 2.24) is 10.6 Å². The Balaban J connectivity index is 2.56. The standard InChI is InChI=1S/C20H31BrN2O3/c1-18(2,3)26-17(25)23-20(6,7)12-16(24)22-13-19(4,5)14-8-10-15(21)11-9-14/h8-11H,12-13H2,1-7H3,(H,22,24)(H,23,25). The van der Waals surface area contributed by atoms with E-state index in [0.717, 1.165) is 10.0 Å². The van der Waals surface area contributed by atoms with E-state index in [2.05, 4.69) is 40.4 Å². The molecule has 0 aromatic heterocycles. The zero-order valence-corrected chi connectivity index (χ0v) is 18.4. The highest BCUT2D eigenvalue weighted by atomic mass is 79.9. The van der Waals surface area contributed by atoms with Crippen LogP contribution < -0.4 is 10.6 Å². The lowest BCUT2D eigenvalue weighted by Crippen LogP contribution is -2.49. The van der Waals surface area contributed by atoms with Gasteiger partial charge in [0, 0.05) is 28.4 Å². The van der Waals surface area contributed by atoms with E-state index in [9.17, 15) is 9.59 Å². The summed E-state index contributed by atoms with van der Waals surface area (Å²) in [6.45, 7) is 13.7. The Kier molecular flexibility index (Phi) is 7.28. The summed E-state index contributed by atoms with van der Waals surface area (Å²) in [5.41, 5.74) is -0.322. The first-order chi connectivity index (χ1) is 11.7. The summed E-state index contributed by atoms with van der Waals surface area (Å²) < 4.78 is 6.28. The fraction of sp³-hybridized carbons (Fsp3) is 0.600. The average Bonchev–Trinajstić information content (AvgIpc) is 2.42. The molecule has 5 nitrogen and oxygen atoms in total. The Labute approximate surface area is 165 Å². The first-order valence-electron chi connectivity index (χ1n) is 8.74. The molecule has 1 aromatic rings. The van der Waals surface area contributed by atoms with Gasteiger partial charge in [0.1, 0.15) is 5.60 Å². The van der Waals surface area contributed by atoms with E-state index in [0.29, 0.717) is 6.54 Å². The summed E-state index contributed by atoms with van der Waals surface area (Å²) in [5.74, 6) is -0.115. The number of rotatable bonds is 6. The highest BCUT2D eigenvalue weighted by Gasteiger charge is 2.28. The Morgan fingerprint density at radius 3 is 2.04 bits per heavy atom. The molecular formula is C20H31BrN2O3. The van der Waals surface area contributed by atoms with Crippen LogP contribution in [-0.2, 0) is 14.9 Å². The van der Waals surface area contributed by atoms with Gasteiger partial charge in [0.15, 0.2) is 0 Å². The van der Waals surface area contributed by atoms with Crippen LogP contribution >= 0.6 is 15.9 Å². The molecule has 0 heterocycles. The van der Waals surface area contributed by atoms with Crippen molar-refractivity contribution in [3.8, 4) is 0 Å². The normalized spacial score (nSPS) is 12.5. The van der Waals surface area contributed by atoms with E-state index in [-0.39, 0.29) is 17.7 Å². The minimum Gasteiger partial charge on any atom is -0.444 e. The predicted molar refractivity (Wildman–Crippen MR) is 108 cm³/mol.